The van der Waals surface area contributed by atoms with Gasteiger partial charge in [-0.3, -0.25) is 9.78 Å². The number of hydrogen-bond acceptors (Lipinski definition) is 6. The molecule has 0 fully saturated rings. The molecule has 0 aliphatic heterocycles. The predicted molar refractivity (Wildman–Crippen MR) is 112 cm³/mol. The minimum absolute atomic E-state index is 0.0954. The minimum Gasteiger partial charge on any atom is -0.497 e. The Morgan fingerprint density at radius 2 is 1.83 bits per heavy atom. The second-order valence-corrected chi connectivity index (χ2v) is 6.66. The average molecular weight is 391 g/mol. The number of nitrogens with one attached hydrogen (secondary N) is 1. The van der Waals surface area contributed by atoms with E-state index in [1.807, 2.05) is 30.3 Å². The fraction of sp³-hybridized carbons (Fsp3) is 0.273. The second kappa shape index (κ2) is 10.2. The number of hydrogen-bond donors (Lipinski definition) is 1. The van der Waals surface area contributed by atoms with Crippen molar-refractivity contribution in [3.8, 4) is 5.75 Å². The summed E-state index contributed by atoms with van der Waals surface area (Å²) in [5, 5.41) is 3.18. The number of ether oxygens (including phenoxy) is 1. The van der Waals surface area contributed by atoms with Gasteiger partial charge in [-0.2, -0.15) is 0 Å². The van der Waals surface area contributed by atoms with Gasteiger partial charge in [0.05, 0.1) is 12.7 Å². The first-order valence-corrected chi connectivity index (χ1v) is 9.49. The van der Waals surface area contributed by atoms with Gasteiger partial charge in [-0.1, -0.05) is 12.1 Å². The smallest absolute Gasteiger partial charge is 0.256 e. The van der Waals surface area contributed by atoms with Crippen LogP contribution in [0.25, 0.3) is 0 Å². The monoisotopic (exact) mass is 391 g/mol. The Kier molecular flexibility index (Phi) is 7.10. The number of methoxy groups -OCH3 is 1. The van der Waals surface area contributed by atoms with E-state index in [1.54, 1.807) is 43.8 Å². The number of carbonyl (C=O) groups is 1. The minimum atomic E-state index is -0.0954. The fourth-order valence-electron chi connectivity index (χ4n) is 2.84. The third-order valence-electron chi connectivity index (χ3n) is 4.56. The maximum Gasteiger partial charge on any atom is 0.256 e. The van der Waals surface area contributed by atoms with E-state index >= 15 is 0 Å². The van der Waals surface area contributed by atoms with Gasteiger partial charge in [-0.05, 0) is 48.2 Å². The van der Waals surface area contributed by atoms with Crippen LogP contribution in [0.2, 0.25) is 0 Å². The predicted octanol–water partition coefficient (Wildman–Crippen LogP) is 2.85. The van der Waals surface area contributed by atoms with Crippen LogP contribution in [-0.2, 0) is 12.8 Å². The Bertz CT molecular complexity index is 916. The molecule has 29 heavy (non-hydrogen) atoms. The molecule has 0 spiro atoms. The van der Waals surface area contributed by atoms with Gasteiger partial charge in [-0.25, -0.2) is 9.97 Å². The molecule has 3 rings (SSSR count). The lowest BCUT2D eigenvalue weighted by atomic mass is 10.1. The van der Waals surface area contributed by atoms with Crippen LogP contribution >= 0.6 is 0 Å². The van der Waals surface area contributed by atoms with Crippen molar-refractivity contribution in [2.45, 2.75) is 12.8 Å². The van der Waals surface area contributed by atoms with E-state index in [4.69, 9.17) is 4.74 Å². The van der Waals surface area contributed by atoms with E-state index in [0.29, 0.717) is 24.6 Å². The summed E-state index contributed by atoms with van der Waals surface area (Å²) >= 11 is 0. The van der Waals surface area contributed by atoms with Crippen molar-refractivity contribution in [1.29, 1.82) is 0 Å². The van der Waals surface area contributed by atoms with E-state index in [1.165, 1.54) is 5.56 Å². The van der Waals surface area contributed by atoms with Gasteiger partial charge in [0, 0.05) is 44.9 Å². The number of likely N-dealkylation sites (N-methyl/N-ethyl adjacent to an activating group) is 1. The quantitative estimate of drug-likeness (QED) is 0.604. The van der Waals surface area contributed by atoms with Gasteiger partial charge >= 0.3 is 0 Å². The van der Waals surface area contributed by atoms with Crippen LogP contribution in [0.4, 0.5) is 5.95 Å². The van der Waals surface area contributed by atoms with E-state index in [-0.39, 0.29) is 5.91 Å². The maximum absolute atomic E-state index is 12.5. The first-order valence-electron chi connectivity index (χ1n) is 9.49. The van der Waals surface area contributed by atoms with Gasteiger partial charge in [0.15, 0.2) is 0 Å². The van der Waals surface area contributed by atoms with Gasteiger partial charge in [0.1, 0.15) is 5.75 Å². The van der Waals surface area contributed by atoms with Crippen molar-refractivity contribution in [3.63, 3.8) is 0 Å². The molecule has 0 saturated heterocycles. The van der Waals surface area contributed by atoms with Crippen molar-refractivity contribution in [2.24, 2.45) is 0 Å². The molecule has 0 atom stereocenters. The third-order valence-corrected chi connectivity index (χ3v) is 4.56. The zero-order chi connectivity index (χ0) is 20.5. The second-order valence-electron chi connectivity index (χ2n) is 6.66. The molecule has 0 bridgehead atoms. The molecule has 2 aromatic heterocycles. The summed E-state index contributed by atoms with van der Waals surface area (Å²) < 4.78 is 5.23. The molecule has 0 aliphatic carbocycles. The van der Waals surface area contributed by atoms with Gasteiger partial charge in [0.2, 0.25) is 5.95 Å². The normalized spacial score (nSPS) is 10.4. The molecule has 3 aromatic rings. The lowest BCUT2D eigenvalue weighted by Crippen LogP contribution is -2.29. The van der Waals surface area contributed by atoms with Crippen LogP contribution < -0.4 is 10.1 Å². The summed E-state index contributed by atoms with van der Waals surface area (Å²) in [5.41, 5.74) is 2.78. The molecule has 1 aromatic carbocycles. The Balaban J connectivity index is 1.47. The summed E-state index contributed by atoms with van der Waals surface area (Å²) in [6.07, 6.45) is 8.23. The van der Waals surface area contributed by atoms with Crippen LogP contribution in [0.1, 0.15) is 21.5 Å². The summed E-state index contributed by atoms with van der Waals surface area (Å²) in [4.78, 5) is 26.7. The first-order chi connectivity index (χ1) is 14.2. The van der Waals surface area contributed by atoms with Crippen molar-refractivity contribution in [3.05, 3.63) is 77.9 Å². The molecule has 7 nitrogen and oxygen atoms in total. The van der Waals surface area contributed by atoms with E-state index in [0.717, 1.165) is 24.2 Å². The number of amides is 1. The summed E-state index contributed by atoms with van der Waals surface area (Å²) in [7, 11) is 3.44. The van der Waals surface area contributed by atoms with E-state index in [9.17, 15) is 4.79 Å². The molecular formula is C22H25N5O2. The van der Waals surface area contributed by atoms with Crippen molar-refractivity contribution in [2.75, 3.05) is 32.6 Å². The molecule has 0 aliphatic rings. The lowest BCUT2D eigenvalue weighted by molar-refractivity contribution is 0.0796. The number of benzene rings is 1. The molecule has 0 radical (unpaired) electrons. The first kappa shape index (κ1) is 20.3. The maximum atomic E-state index is 12.5. The average Bonchev–Trinajstić information content (AvgIpc) is 2.78. The highest BCUT2D eigenvalue weighted by Gasteiger charge is 2.12. The van der Waals surface area contributed by atoms with Gasteiger partial charge in [0.25, 0.3) is 5.91 Å². The van der Waals surface area contributed by atoms with E-state index in [2.05, 4.69) is 26.3 Å². The fourth-order valence-corrected chi connectivity index (χ4v) is 2.84. The zero-order valence-electron chi connectivity index (χ0n) is 16.7. The number of aromatic nitrogens is 3. The molecule has 7 heteroatoms. The molecular weight excluding hydrogens is 366 g/mol. The standard InChI is InChI=1S/C22H25N5O2/c1-27(13-9-17-6-10-23-11-7-17)21(28)19-15-25-22(26-16-19)24-12-8-18-4-3-5-20(14-18)29-2/h3-7,10-11,14-16H,8-9,12-13H2,1-2H3,(H,24,25,26). The third kappa shape index (κ3) is 6.00. The van der Waals surface area contributed by atoms with E-state index < -0.39 is 0 Å². The number of nitrogens with zero attached hydrogens (tertiary/aromatic N) is 4. The molecule has 150 valence electrons. The Morgan fingerprint density at radius 3 is 2.55 bits per heavy atom. The SMILES string of the molecule is COc1cccc(CCNc2ncc(C(=O)N(C)CCc3ccncc3)cn2)c1. The van der Waals surface area contributed by atoms with Crippen LogP contribution in [0, 0.1) is 0 Å². The Labute approximate surface area is 170 Å². The molecule has 0 unspecified atom stereocenters. The van der Waals surface area contributed by atoms with Crippen LogP contribution in [0.15, 0.2) is 61.2 Å². The highest BCUT2D eigenvalue weighted by molar-refractivity contribution is 5.93. The Morgan fingerprint density at radius 1 is 1.07 bits per heavy atom. The molecule has 2 heterocycles. The summed E-state index contributed by atoms with van der Waals surface area (Å²) in [6.45, 7) is 1.30. The van der Waals surface area contributed by atoms with Gasteiger partial charge < -0.3 is 15.0 Å². The van der Waals surface area contributed by atoms with Crippen molar-refractivity contribution < 1.29 is 9.53 Å². The van der Waals surface area contributed by atoms with Crippen LogP contribution in [-0.4, -0.2) is 53.0 Å². The highest BCUT2D eigenvalue weighted by Crippen LogP contribution is 2.13. The lowest BCUT2D eigenvalue weighted by Gasteiger charge is -2.17. The number of rotatable bonds is 9. The Hall–Kier alpha value is -3.48. The topological polar surface area (TPSA) is 80.2 Å². The zero-order valence-corrected chi connectivity index (χ0v) is 16.7. The molecule has 1 N–H and O–H groups in total. The number of carbonyl (C=O) groups excluding carboxylic acids is 1. The van der Waals surface area contributed by atoms with Gasteiger partial charge in [-0.15, -0.1) is 0 Å². The number of pyridine rings is 1. The number of anilines is 1. The van der Waals surface area contributed by atoms with Crippen LogP contribution in [0.3, 0.4) is 0 Å². The van der Waals surface area contributed by atoms with Crippen LogP contribution in [0.5, 0.6) is 5.75 Å². The highest BCUT2D eigenvalue weighted by atomic mass is 16.5. The largest absolute Gasteiger partial charge is 0.497 e. The molecule has 1 amide bonds. The summed E-state index contributed by atoms with van der Waals surface area (Å²) in [5.74, 6) is 1.25. The molecule has 0 saturated carbocycles. The van der Waals surface area contributed by atoms with Crippen molar-refractivity contribution >= 4 is 11.9 Å². The summed E-state index contributed by atoms with van der Waals surface area (Å²) in [6, 6.07) is 11.8. The van der Waals surface area contributed by atoms with Crippen molar-refractivity contribution in [1.82, 2.24) is 19.9 Å².